The zero-order chi connectivity index (χ0) is 20.5. The summed E-state index contributed by atoms with van der Waals surface area (Å²) in [6.45, 7) is 5.17. The molecule has 0 aromatic heterocycles. The van der Waals surface area contributed by atoms with E-state index in [9.17, 15) is 0 Å². The molecule has 0 spiro atoms. The van der Waals surface area contributed by atoms with Crippen LogP contribution in [0.15, 0.2) is 0 Å². The number of unbranched alkanes of at least 4 members (excludes halogenated alkanes) is 22. The third-order valence-corrected chi connectivity index (χ3v) is 6.11. The van der Waals surface area contributed by atoms with Crippen molar-refractivity contribution in [3.63, 3.8) is 0 Å². The first-order chi connectivity index (χ1) is 13.8. The molecule has 0 saturated carbocycles. The second-order valence-electron chi connectivity index (χ2n) is 9.44. The summed E-state index contributed by atoms with van der Waals surface area (Å²) in [6, 6.07) is 0. The van der Waals surface area contributed by atoms with Crippen molar-refractivity contribution in [3.8, 4) is 0 Å². The molecule has 0 aromatic carbocycles. The highest BCUT2D eigenvalue weighted by Crippen LogP contribution is 2.15. The van der Waals surface area contributed by atoms with Crippen molar-refractivity contribution in [2.45, 2.75) is 148 Å². The van der Waals surface area contributed by atoms with Crippen LogP contribution in [0.5, 0.6) is 0 Å². The molecule has 1 radical (unpaired) electrons. The van der Waals surface area contributed by atoms with Crippen molar-refractivity contribution >= 4 is 0 Å². The lowest BCUT2D eigenvalue weighted by atomic mass is 10.0. The molecule has 169 valence electrons. The van der Waals surface area contributed by atoms with Gasteiger partial charge in [0.1, 0.15) is 0 Å². The second kappa shape index (κ2) is 25.0. The van der Waals surface area contributed by atoms with Gasteiger partial charge in [-0.2, -0.15) is 0 Å². The third-order valence-electron chi connectivity index (χ3n) is 6.11. The zero-order valence-corrected chi connectivity index (χ0v) is 20.1. The summed E-state index contributed by atoms with van der Waals surface area (Å²) in [7, 11) is 4.35. The van der Waals surface area contributed by atoms with Crippen LogP contribution in [0.2, 0.25) is 0 Å². The molecule has 0 atom stereocenters. The van der Waals surface area contributed by atoms with Crippen molar-refractivity contribution in [2.75, 3.05) is 20.6 Å². The van der Waals surface area contributed by atoms with E-state index in [-0.39, 0.29) is 0 Å². The summed E-state index contributed by atoms with van der Waals surface area (Å²) in [4.78, 5) is 2.30. The van der Waals surface area contributed by atoms with Gasteiger partial charge in [0.15, 0.2) is 0 Å². The Morgan fingerprint density at radius 1 is 0.357 bits per heavy atom. The standard InChI is InChI=1S/C27H56N/c1-4-5-6-7-8-9-10-11-12-13-14-15-16-17-18-19-20-21-22-23-24-25-26-27-28(2)3/h1,4-27H2,2-3H3. The largest absolute Gasteiger partial charge is 0.309 e. The molecule has 0 bridgehead atoms. The van der Waals surface area contributed by atoms with Crippen LogP contribution in [0.25, 0.3) is 0 Å². The van der Waals surface area contributed by atoms with Gasteiger partial charge in [-0.25, -0.2) is 0 Å². The van der Waals surface area contributed by atoms with E-state index >= 15 is 0 Å². The number of hydrogen-bond donors (Lipinski definition) is 0. The fraction of sp³-hybridized carbons (Fsp3) is 0.963. The van der Waals surface area contributed by atoms with Crippen molar-refractivity contribution in [1.29, 1.82) is 0 Å². The Kier molecular flexibility index (Phi) is 25.0. The molecule has 0 saturated heterocycles. The lowest BCUT2D eigenvalue weighted by Crippen LogP contribution is -2.12. The molecule has 0 N–H and O–H groups in total. The highest BCUT2D eigenvalue weighted by atomic mass is 15.0. The van der Waals surface area contributed by atoms with Crippen molar-refractivity contribution in [3.05, 3.63) is 6.92 Å². The SMILES string of the molecule is [CH2]CCCCCCCCCCCCCCCCCCCCCCCCN(C)C. The highest BCUT2D eigenvalue weighted by molar-refractivity contribution is 4.52. The van der Waals surface area contributed by atoms with Gasteiger partial charge >= 0.3 is 0 Å². The lowest BCUT2D eigenvalue weighted by Gasteiger charge is -2.08. The van der Waals surface area contributed by atoms with E-state index in [4.69, 9.17) is 0 Å². The first-order valence-corrected chi connectivity index (χ1v) is 13.2. The summed E-state index contributed by atoms with van der Waals surface area (Å²) >= 11 is 0. The van der Waals surface area contributed by atoms with E-state index in [0.29, 0.717) is 0 Å². The minimum absolute atomic E-state index is 1.12. The first kappa shape index (κ1) is 28.0. The van der Waals surface area contributed by atoms with E-state index in [1.807, 2.05) is 0 Å². The van der Waals surface area contributed by atoms with Gasteiger partial charge in [-0.1, -0.05) is 148 Å². The molecule has 1 heteroatoms. The van der Waals surface area contributed by atoms with Gasteiger partial charge < -0.3 is 4.90 Å². The molecule has 0 aliphatic carbocycles. The second-order valence-corrected chi connectivity index (χ2v) is 9.44. The van der Waals surface area contributed by atoms with Crippen LogP contribution < -0.4 is 0 Å². The van der Waals surface area contributed by atoms with Gasteiger partial charge in [-0.05, 0) is 27.1 Å². The molecule has 0 amide bonds. The molecular weight excluding hydrogens is 338 g/mol. The van der Waals surface area contributed by atoms with Crippen molar-refractivity contribution < 1.29 is 0 Å². The van der Waals surface area contributed by atoms with E-state index < -0.39 is 0 Å². The first-order valence-electron chi connectivity index (χ1n) is 13.2. The average Bonchev–Trinajstić information content (AvgIpc) is 2.68. The topological polar surface area (TPSA) is 3.24 Å². The molecule has 0 aromatic rings. The summed E-state index contributed by atoms with van der Waals surface area (Å²) in [5.41, 5.74) is 0. The molecule has 0 heterocycles. The van der Waals surface area contributed by atoms with E-state index in [1.165, 1.54) is 148 Å². The molecule has 1 nitrogen and oxygen atoms in total. The molecule has 0 fully saturated rings. The Balaban J connectivity index is 2.98. The number of nitrogens with zero attached hydrogens (tertiary/aromatic N) is 1. The lowest BCUT2D eigenvalue weighted by molar-refractivity contribution is 0.389. The van der Waals surface area contributed by atoms with Crippen LogP contribution >= 0.6 is 0 Å². The van der Waals surface area contributed by atoms with Gasteiger partial charge in [0.05, 0.1) is 0 Å². The minimum atomic E-state index is 1.12. The molecule has 28 heavy (non-hydrogen) atoms. The molecular formula is C27H56N. The summed E-state index contributed by atoms with van der Waals surface area (Å²) in [5.74, 6) is 0. The predicted octanol–water partition coefficient (Wildman–Crippen LogP) is 9.35. The van der Waals surface area contributed by atoms with Crippen LogP contribution in [0.3, 0.4) is 0 Å². The summed E-state index contributed by atoms with van der Waals surface area (Å²) < 4.78 is 0. The Morgan fingerprint density at radius 3 is 0.786 bits per heavy atom. The van der Waals surface area contributed by atoms with Crippen molar-refractivity contribution in [2.24, 2.45) is 0 Å². The zero-order valence-electron chi connectivity index (χ0n) is 20.1. The summed E-state index contributed by atoms with van der Waals surface area (Å²) in [6.07, 6.45) is 33.2. The number of hydrogen-bond acceptors (Lipinski definition) is 1. The predicted molar refractivity (Wildman–Crippen MR) is 130 cm³/mol. The molecule has 0 aliphatic heterocycles. The maximum absolute atomic E-state index is 3.91. The van der Waals surface area contributed by atoms with Crippen molar-refractivity contribution in [1.82, 2.24) is 4.90 Å². The Morgan fingerprint density at radius 2 is 0.571 bits per heavy atom. The Labute approximate surface area is 180 Å². The fourth-order valence-corrected chi connectivity index (χ4v) is 4.14. The Hall–Kier alpha value is -0.0400. The molecule has 0 unspecified atom stereocenters. The smallest absolute Gasteiger partial charge is 0.00248 e. The molecule has 0 rings (SSSR count). The van der Waals surface area contributed by atoms with E-state index in [2.05, 4.69) is 25.9 Å². The average molecular weight is 395 g/mol. The van der Waals surface area contributed by atoms with Gasteiger partial charge in [0.2, 0.25) is 0 Å². The fourth-order valence-electron chi connectivity index (χ4n) is 4.14. The Bertz CT molecular complexity index is 261. The van der Waals surface area contributed by atoms with Gasteiger partial charge in [0.25, 0.3) is 0 Å². The van der Waals surface area contributed by atoms with Crippen LogP contribution in [0.1, 0.15) is 148 Å². The number of rotatable bonds is 24. The maximum Gasteiger partial charge on any atom is -0.00248 e. The third kappa shape index (κ3) is 26.0. The van der Waals surface area contributed by atoms with Crippen LogP contribution in [0.4, 0.5) is 0 Å². The van der Waals surface area contributed by atoms with Gasteiger partial charge in [-0.15, -0.1) is 0 Å². The maximum atomic E-state index is 3.91. The molecule has 0 aliphatic rings. The van der Waals surface area contributed by atoms with Crippen LogP contribution in [-0.4, -0.2) is 25.5 Å². The summed E-state index contributed by atoms with van der Waals surface area (Å²) in [5, 5.41) is 0. The van der Waals surface area contributed by atoms with Gasteiger partial charge in [-0.3, -0.25) is 0 Å². The normalized spacial score (nSPS) is 11.6. The van der Waals surface area contributed by atoms with E-state index in [1.54, 1.807) is 0 Å². The quantitative estimate of drug-likeness (QED) is 0.147. The van der Waals surface area contributed by atoms with Gasteiger partial charge in [0, 0.05) is 0 Å². The van der Waals surface area contributed by atoms with Crippen LogP contribution in [-0.2, 0) is 0 Å². The van der Waals surface area contributed by atoms with Crippen LogP contribution in [0, 0.1) is 6.92 Å². The highest BCUT2D eigenvalue weighted by Gasteiger charge is 1.96. The minimum Gasteiger partial charge on any atom is -0.309 e. The van der Waals surface area contributed by atoms with E-state index in [0.717, 1.165) is 6.42 Å². The monoisotopic (exact) mass is 394 g/mol.